The van der Waals surface area contributed by atoms with E-state index < -0.39 is 0 Å². The van der Waals surface area contributed by atoms with E-state index >= 15 is 0 Å². The molecule has 0 aromatic carbocycles. The van der Waals surface area contributed by atoms with Crippen molar-refractivity contribution in [2.75, 3.05) is 7.05 Å². The van der Waals surface area contributed by atoms with Crippen LogP contribution in [0.1, 0.15) is 46.0 Å². The number of nitrogens with one attached hydrogen (secondary N) is 1. The molecular formula is C11H23NS. The molecule has 0 radical (unpaired) electrons. The Morgan fingerprint density at radius 1 is 1.38 bits per heavy atom. The summed E-state index contributed by atoms with van der Waals surface area (Å²) >= 11 is 4.60. The molecular weight excluding hydrogens is 178 g/mol. The van der Waals surface area contributed by atoms with Crippen LogP contribution in [0.2, 0.25) is 0 Å². The molecule has 0 bridgehead atoms. The van der Waals surface area contributed by atoms with Crippen molar-refractivity contribution in [3.8, 4) is 0 Å². The summed E-state index contributed by atoms with van der Waals surface area (Å²) in [5.74, 6) is 0.888. The van der Waals surface area contributed by atoms with Crippen LogP contribution in [0.5, 0.6) is 0 Å². The molecule has 1 aliphatic rings. The number of hydrogen-bond acceptors (Lipinski definition) is 2. The van der Waals surface area contributed by atoms with Gasteiger partial charge in [0.25, 0.3) is 0 Å². The maximum Gasteiger partial charge on any atom is 0.00758 e. The van der Waals surface area contributed by atoms with Gasteiger partial charge < -0.3 is 5.32 Å². The predicted molar refractivity (Wildman–Crippen MR) is 62.5 cm³/mol. The summed E-state index contributed by atoms with van der Waals surface area (Å²) in [6.07, 6.45) is 6.76. The van der Waals surface area contributed by atoms with Crippen LogP contribution in [0.3, 0.4) is 0 Å². The van der Waals surface area contributed by atoms with E-state index in [-0.39, 0.29) is 4.75 Å². The maximum absolute atomic E-state index is 4.60. The van der Waals surface area contributed by atoms with Crippen LogP contribution in [0.4, 0.5) is 0 Å². The molecule has 78 valence electrons. The molecule has 1 aliphatic carbocycles. The van der Waals surface area contributed by atoms with E-state index in [1.54, 1.807) is 0 Å². The van der Waals surface area contributed by atoms with Crippen LogP contribution in [-0.2, 0) is 0 Å². The minimum atomic E-state index is 0.209. The van der Waals surface area contributed by atoms with Crippen LogP contribution in [0.15, 0.2) is 0 Å². The molecule has 0 spiro atoms. The molecule has 2 atom stereocenters. The van der Waals surface area contributed by atoms with Crippen LogP contribution in [0.25, 0.3) is 0 Å². The average Bonchev–Trinajstić information content (AvgIpc) is 2.01. The third kappa shape index (κ3) is 4.37. The lowest BCUT2D eigenvalue weighted by molar-refractivity contribution is 0.269. The van der Waals surface area contributed by atoms with E-state index in [1.807, 2.05) is 0 Å². The molecule has 0 aromatic rings. The third-order valence-corrected chi connectivity index (χ3v) is 3.16. The second kappa shape index (κ2) is 4.70. The second-order valence-corrected chi connectivity index (χ2v) is 6.25. The molecule has 2 unspecified atom stereocenters. The fourth-order valence-electron chi connectivity index (χ4n) is 2.45. The fraction of sp³-hybridized carbons (Fsp3) is 1.00. The van der Waals surface area contributed by atoms with Crippen molar-refractivity contribution in [2.24, 2.45) is 5.92 Å². The zero-order chi connectivity index (χ0) is 9.90. The summed E-state index contributed by atoms with van der Waals surface area (Å²) in [5.41, 5.74) is 0. The molecule has 0 aliphatic heterocycles. The third-order valence-electron chi connectivity index (χ3n) is 2.98. The molecule has 1 fully saturated rings. The molecule has 1 nitrogen and oxygen atoms in total. The van der Waals surface area contributed by atoms with Gasteiger partial charge in [-0.05, 0) is 32.2 Å². The molecule has 1 rings (SSSR count). The van der Waals surface area contributed by atoms with Gasteiger partial charge in [-0.3, -0.25) is 0 Å². The lowest BCUT2D eigenvalue weighted by atomic mass is 9.81. The lowest BCUT2D eigenvalue weighted by Crippen LogP contribution is -2.33. The molecule has 1 N–H and O–H groups in total. The smallest absolute Gasteiger partial charge is 0.00758 e. The van der Waals surface area contributed by atoms with E-state index in [0.717, 1.165) is 12.0 Å². The highest BCUT2D eigenvalue weighted by Gasteiger charge is 2.25. The van der Waals surface area contributed by atoms with Gasteiger partial charge in [0.2, 0.25) is 0 Å². The SMILES string of the molecule is CNC1CCCC(CC(C)(C)S)C1. The van der Waals surface area contributed by atoms with Gasteiger partial charge >= 0.3 is 0 Å². The van der Waals surface area contributed by atoms with Crippen LogP contribution < -0.4 is 5.32 Å². The Kier molecular flexibility index (Phi) is 4.11. The van der Waals surface area contributed by atoms with Crippen molar-refractivity contribution < 1.29 is 0 Å². The fourth-order valence-corrected chi connectivity index (χ4v) is 2.70. The monoisotopic (exact) mass is 201 g/mol. The van der Waals surface area contributed by atoms with Gasteiger partial charge in [-0.2, -0.15) is 12.6 Å². The Bertz CT molecular complexity index is 151. The highest BCUT2D eigenvalue weighted by molar-refractivity contribution is 7.81. The van der Waals surface area contributed by atoms with Crippen molar-refractivity contribution in [3.05, 3.63) is 0 Å². The molecule has 1 saturated carbocycles. The van der Waals surface area contributed by atoms with Gasteiger partial charge in [-0.25, -0.2) is 0 Å². The van der Waals surface area contributed by atoms with Crippen LogP contribution in [-0.4, -0.2) is 17.8 Å². The van der Waals surface area contributed by atoms with Crippen molar-refractivity contribution in [1.29, 1.82) is 0 Å². The van der Waals surface area contributed by atoms with E-state index in [4.69, 9.17) is 0 Å². The molecule has 0 aromatic heterocycles. The first-order valence-corrected chi connectivity index (χ1v) is 5.85. The summed E-state index contributed by atoms with van der Waals surface area (Å²) in [5, 5.41) is 3.39. The molecule has 0 saturated heterocycles. The summed E-state index contributed by atoms with van der Waals surface area (Å²) < 4.78 is 0.209. The number of thiol groups is 1. The Hall–Kier alpha value is 0.310. The highest BCUT2D eigenvalue weighted by Crippen LogP contribution is 2.32. The van der Waals surface area contributed by atoms with E-state index in [0.29, 0.717) is 0 Å². The van der Waals surface area contributed by atoms with Gasteiger partial charge in [0.05, 0.1) is 0 Å². The Morgan fingerprint density at radius 2 is 2.08 bits per heavy atom. The number of rotatable bonds is 3. The Labute approximate surface area is 88.1 Å². The second-order valence-electron chi connectivity index (χ2n) is 5.03. The molecule has 13 heavy (non-hydrogen) atoms. The topological polar surface area (TPSA) is 12.0 Å². The summed E-state index contributed by atoms with van der Waals surface area (Å²) in [6.45, 7) is 4.44. The normalized spacial score (nSPS) is 30.5. The first-order chi connectivity index (χ1) is 6.01. The predicted octanol–water partition coefficient (Wildman–Crippen LogP) is 2.86. The summed E-state index contributed by atoms with van der Waals surface area (Å²) in [7, 11) is 2.08. The summed E-state index contributed by atoms with van der Waals surface area (Å²) in [4.78, 5) is 0. The van der Waals surface area contributed by atoms with Gasteiger partial charge in [0.15, 0.2) is 0 Å². The van der Waals surface area contributed by atoms with E-state index in [1.165, 1.54) is 32.1 Å². The minimum absolute atomic E-state index is 0.209. The van der Waals surface area contributed by atoms with Gasteiger partial charge in [-0.15, -0.1) is 0 Å². The average molecular weight is 201 g/mol. The Balaban J connectivity index is 2.34. The molecule has 0 amide bonds. The van der Waals surface area contributed by atoms with Gasteiger partial charge in [0, 0.05) is 10.8 Å². The molecule has 0 heterocycles. The summed E-state index contributed by atoms with van der Waals surface area (Å²) in [6, 6.07) is 0.759. The quantitative estimate of drug-likeness (QED) is 0.669. The Morgan fingerprint density at radius 3 is 2.62 bits per heavy atom. The van der Waals surface area contributed by atoms with Crippen molar-refractivity contribution in [2.45, 2.75) is 56.7 Å². The van der Waals surface area contributed by atoms with Crippen molar-refractivity contribution in [3.63, 3.8) is 0 Å². The molecule has 2 heteroatoms. The number of hydrogen-bond donors (Lipinski definition) is 2. The zero-order valence-corrected chi connectivity index (χ0v) is 10.0. The van der Waals surface area contributed by atoms with Crippen LogP contribution in [0, 0.1) is 5.92 Å². The first-order valence-electron chi connectivity index (χ1n) is 5.41. The van der Waals surface area contributed by atoms with Crippen LogP contribution >= 0.6 is 12.6 Å². The van der Waals surface area contributed by atoms with Crippen molar-refractivity contribution >= 4 is 12.6 Å². The first kappa shape index (κ1) is 11.4. The highest BCUT2D eigenvalue weighted by atomic mass is 32.1. The maximum atomic E-state index is 4.60. The minimum Gasteiger partial charge on any atom is -0.317 e. The van der Waals surface area contributed by atoms with E-state index in [9.17, 15) is 0 Å². The van der Waals surface area contributed by atoms with Crippen molar-refractivity contribution in [1.82, 2.24) is 5.32 Å². The van der Waals surface area contributed by atoms with Gasteiger partial charge in [0.1, 0.15) is 0 Å². The largest absolute Gasteiger partial charge is 0.317 e. The van der Waals surface area contributed by atoms with Gasteiger partial charge in [-0.1, -0.05) is 26.7 Å². The standard InChI is InChI=1S/C11H23NS/c1-11(2,13)8-9-5-4-6-10(7-9)12-3/h9-10,12-13H,4-8H2,1-3H3. The zero-order valence-electron chi connectivity index (χ0n) is 9.14. The van der Waals surface area contributed by atoms with E-state index in [2.05, 4.69) is 38.8 Å². The lowest BCUT2D eigenvalue weighted by Gasteiger charge is -2.32.